The Morgan fingerprint density at radius 1 is 1.38 bits per heavy atom. The second-order valence-electron chi connectivity index (χ2n) is 5.62. The van der Waals surface area contributed by atoms with E-state index in [9.17, 15) is 4.79 Å². The molecule has 5 nitrogen and oxygen atoms in total. The number of nitrogens with one attached hydrogen (secondary N) is 1. The van der Waals surface area contributed by atoms with Crippen molar-refractivity contribution in [2.75, 3.05) is 19.6 Å². The van der Waals surface area contributed by atoms with Crippen molar-refractivity contribution >= 4 is 23.7 Å². The third-order valence-electron chi connectivity index (χ3n) is 4.67. The van der Waals surface area contributed by atoms with Crippen LogP contribution in [0.25, 0.3) is 0 Å². The number of hydrogen-bond donors (Lipinski definition) is 2. The summed E-state index contributed by atoms with van der Waals surface area (Å²) >= 11 is 1.69. The molecule has 2 fully saturated rings. The number of carbonyl (C=O) groups excluding carboxylic acids is 1. The van der Waals surface area contributed by atoms with E-state index in [2.05, 4.69) is 24.1 Å². The van der Waals surface area contributed by atoms with Crippen molar-refractivity contribution < 1.29 is 14.7 Å². The third-order valence-corrected chi connectivity index (χ3v) is 5.68. The minimum atomic E-state index is -0.250. The molecule has 1 amide bonds. The largest absolute Gasteiger partial charge is 0.483 e. The molecule has 0 bridgehead atoms. The van der Waals surface area contributed by atoms with Gasteiger partial charge in [-0.2, -0.15) is 0 Å². The number of piperidine rings is 1. The quantitative estimate of drug-likeness (QED) is 0.779. The summed E-state index contributed by atoms with van der Waals surface area (Å²) in [6.07, 6.45) is 3.41. The van der Waals surface area contributed by atoms with E-state index in [0.717, 1.165) is 38.0 Å². The van der Waals surface area contributed by atoms with E-state index in [1.807, 2.05) is 5.38 Å². The van der Waals surface area contributed by atoms with Crippen molar-refractivity contribution in [3.8, 4) is 0 Å². The topological polar surface area (TPSA) is 69.6 Å². The van der Waals surface area contributed by atoms with Gasteiger partial charge in [0.2, 0.25) is 0 Å². The Labute approximate surface area is 129 Å². The van der Waals surface area contributed by atoms with E-state index < -0.39 is 0 Å². The molecule has 0 unspecified atom stereocenters. The molecule has 3 rings (SSSR count). The highest BCUT2D eigenvalue weighted by Gasteiger charge is 2.47. The zero-order valence-electron chi connectivity index (χ0n) is 12.5. The van der Waals surface area contributed by atoms with Gasteiger partial charge in [0.1, 0.15) is 0 Å². The molecule has 2 aliphatic heterocycles. The van der Waals surface area contributed by atoms with Crippen LogP contribution in [0.2, 0.25) is 0 Å². The van der Waals surface area contributed by atoms with Gasteiger partial charge in [-0.1, -0.05) is 0 Å². The van der Waals surface area contributed by atoms with Gasteiger partial charge >= 0.3 is 0 Å². The molecule has 1 aromatic heterocycles. The van der Waals surface area contributed by atoms with Crippen molar-refractivity contribution in [1.29, 1.82) is 0 Å². The Kier molecular flexibility index (Phi) is 5.00. The van der Waals surface area contributed by atoms with Crippen LogP contribution >= 0.6 is 11.3 Å². The number of nitrogens with zero attached hydrogens (tertiary/aromatic N) is 1. The van der Waals surface area contributed by atoms with Crippen LogP contribution < -0.4 is 5.32 Å². The fraction of sp³-hybridized carbons (Fsp3) is 0.600. The summed E-state index contributed by atoms with van der Waals surface area (Å²) in [6, 6.07) is 0. The molecule has 1 aromatic rings. The van der Waals surface area contributed by atoms with Gasteiger partial charge in [-0.05, 0) is 51.8 Å². The third kappa shape index (κ3) is 2.96. The summed E-state index contributed by atoms with van der Waals surface area (Å²) in [7, 11) is 0. The highest BCUT2D eigenvalue weighted by molar-refractivity contribution is 7.10. The second-order valence-corrected chi connectivity index (χ2v) is 6.70. The summed E-state index contributed by atoms with van der Waals surface area (Å²) in [6.45, 7) is 6.94. The molecule has 2 saturated heterocycles. The Morgan fingerprint density at radius 3 is 2.43 bits per heavy atom. The van der Waals surface area contributed by atoms with Crippen LogP contribution in [0.3, 0.4) is 0 Å². The predicted molar refractivity (Wildman–Crippen MR) is 83.0 cm³/mol. The summed E-state index contributed by atoms with van der Waals surface area (Å²) < 4.78 is 0. The van der Waals surface area contributed by atoms with Crippen LogP contribution in [-0.4, -0.2) is 47.6 Å². The SMILES string of the molecule is Cc1scc(C(=O)N2CCC23CCNCC3)c1C.O=CO. The van der Waals surface area contributed by atoms with Crippen LogP contribution in [0, 0.1) is 13.8 Å². The average molecular weight is 310 g/mol. The highest BCUT2D eigenvalue weighted by Crippen LogP contribution is 2.40. The van der Waals surface area contributed by atoms with Crippen molar-refractivity contribution in [3.63, 3.8) is 0 Å². The van der Waals surface area contributed by atoms with E-state index in [1.165, 1.54) is 16.9 Å². The first kappa shape index (κ1) is 16.0. The summed E-state index contributed by atoms with van der Waals surface area (Å²) in [4.78, 5) is 24.4. The van der Waals surface area contributed by atoms with Crippen LogP contribution in [0.4, 0.5) is 0 Å². The van der Waals surface area contributed by atoms with E-state index in [4.69, 9.17) is 9.90 Å². The number of carbonyl (C=O) groups is 2. The molecule has 0 aromatic carbocycles. The number of rotatable bonds is 1. The lowest BCUT2D eigenvalue weighted by Gasteiger charge is -2.55. The lowest BCUT2D eigenvalue weighted by atomic mass is 9.76. The first-order valence-electron chi connectivity index (χ1n) is 7.21. The molecule has 3 heterocycles. The molecular formula is C15H22N2O3S. The number of thiophene rings is 1. The number of carboxylic acid groups (broad SMARTS) is 1. The lowest BCUT2D eigenvalue weighted by Crippen LogP contribution is -2.65. The molecule has 2 N–H and O–H groups in total. The zero-order valence-corrected chi connectivity index (χ0v) is 13.3. The first-order valence-corrected chi connectivity index (χ1v) is 8.09. The van der Waals surface area contributed by atoms with Gasteiger partial charge in [0, 0.05) is 22.3 Å². The van der Waals surface area contributed by atoms with Crippen LogP contribution in [0.15, 0.2) is 5.38 Å². The Morgan fingerprint density at radius 2 is 2.00 bits per heavy atom. The van der Waals surface area contributed by atoms with E-state index >= 15 is 0 Å². The normalized spacial score (nSPS) is 19.4. The fourth-order valence-corrected chi connectivity index (χ4v) is 4.00. The van der Waals surface area contributed by atoms with Crippen LogP contribution in [-0.2, 0) is 4.79 Å². The average Bonchev–Trinajstić information content (AvgIpc) is 2.79. The van der Waals surface area contributed by atoms with Crippen molar-refractivity contribution in [2.24, 2.45) is 0 Å². The molecule has 1 spiro atoms. The molecule has 116 valence electrons. The van der Waals surface area contributed by atoms with Gasteiger partial charge < -0.3 is 15.3 Å². The summed E-state index contributed by atoms with van der Waals surface area (Å²) in [5.74, 6) is 0.255. The van der Waals surface area contributed by atoms with Crippen LogP contribution in [0.5, 0.6) is 0 Å². The summed E-state index contributed by atoms with van der Waals surface area (Å²) in [5, 5.41) is 12.3. The lowest BCUT2D eigenvalue weighted by molar-refractivity contribution is -0.122. The van der Waals surface area contributed by atoms with Crippen molar-refractivity contribution in [3.05, 3.63) is 21.4 Å². The standard InChI is InChI=1S/C14H20N2OS.CH2O2/c1-10-11(2)18-9-12(10)13(17)16-8-5-14(16)3-6-15-7-4-14;2-1-3/h9,15H,3-8H2,1-2H3;1H,(H,2,3). The predicted octanol–water partition coefficient (Wildman–Crippen LogP) is 2.03. The maximum absolute atomic E-state index is 12.6. The van der Waals surface area contributed by atoms with Crippen molar-refractivity contribution in [1.82, 2.24) is 10.2 Å². The molecule has 0 aliphatic carbocycles. The Balaban J connectivity index is 0.000000497. The molecule has 2 aliphatic rings. The minimum absolute atomic E-state index is 0.171. The maximum atomic E-state index is 12.6. The molecule has 21 heavy (non-hydrogen) atoms. The van der Waals surface area contributed by atoms with E-state index in [-0.39, 0.29) is 17.9 Å². The second kappa shape index (κ2) is 6.58. The molecule has 0 atom stereocenters. The maximum Gasteiger partial charge on any atom is 0.290 e. The highest BCUT2D eigenvalue weighted by atomic mass is 32.1. The number of hydrogen-bond acceptors (Lipinski definition) is 4. The van der Waals surface area contributed by atoms with Crippen molar-refractivity contribution in [2.45, 2.75) is 38.6 Å². The number of aryl methyl sites for hydroxylation is 1. The first-order chi connectivity index (χ1) is 10.1. The van der Waals surface area contributed by atoms with E-state index in [1.54, 1.807) is 11.3 Å². The monoisotopic (exact) mass is 310 g/mol. The van der Waals surface area contributed by atoms with Gasteiger partial charge in [0.25, 0.3) is 12.4 Å². The molecular weight excluding hydrogens is 288 g/mol. The Hall–Kier alpha value is -1.40. The molecule has 0 radical (unpaired) electrons. The molecule has 6 heteroatoms. The minimum Gasteiger partial charge on any atom is -0.483 e. The van der Waals surface area contributed by atoms with E-state index in [0.29, 0.717) is 0 Å². The van der Waals surface area contributed by atoms with Gasteiger partial charge in [0.15, 0.2) is 0 Å². The number of amides is 1. The van der Waals surface area contributed by atoms with Gasteiger partial charge in [-0.15, -0.1) is 11.3 Å². The Bertz CT molecular complexity index is 521. The van der Waals surface area contributed by atoms with Gasteiger partial charge in [0.05, 0.1) is 5.56 Å². The van der Waals surface area contributed by atoms with Gasteiger partial charge in [-0.3, -0.25) is 9.59 Å². The summed E-state index contributed by atoms with van der Waals surface area (Å²) in [5.41, 5.74) is 2.26. The smallest absolute Gasteiger partial charge is 0.290 e. The zero-order chi connectivity index (χ0) is 15.5. The van der Waals surface area contributed by atoms with Crippen LogP contribution in [0.1, 0.15) is 40.1 Å². The van der Waals surface area contributed by atoms with Gasteiger partial charge in [-0.25, -0.2) is 0 Å². The fourth-order valence-electron chi connectivity index (χ4n) is 3.14. The molecule has 0 saturated carbocycles. The number of likely N-dealkylation sites (tertiary alicyclic amines) is 1.